The molecule has 1 atom stereocenters. The summed E-state index contributed by atoms with van der Waals surface area (Å²) >= 11 is 0. The topological polar surface area (TPSA) is 64.7 Å². The Kier molecular flexibility index (Phi) is 3.74. The third-order valence-corrected chi connectivity index (χ3v) is 3.02. The van der Waals surface area contributed by atoms with Gasteiger partial charge in [-0.1, -0.05) is 6.92 Å². The molecule has 1 heterocycles. The molecule has 17 heavy (non-hydrogen) atoms. The van der Waals surface area contributed by atoms with Crippen molar-refractivity contribution in [1.29, 1.82) is 0 Å². The van der Waals surface area contributed by atoms with E-state index >= 15 is 0 Å². The van der Waals surface area contributed by atoms with Crippen LogP contribution in [0.5, 0.6) is 17.2 Å². The lowest BCUT2D eigenvalue weighted by atomic mass is 9.95. The van der Waals surface area contributed by atoms with Crippen LogP contribution in [-0.2, 0) is 0 Å². The molecule has 1 aromatic rings. The predicted molar refractivity (Wildman–Crippen MR) is 65.8 cm³/mol. The molecule has 0 saturated carbocycles. The Morgan fingerprint density at radius 3 is 2.88 bits per heavy atom. The zero-order chi connectivity index (χ0) is 12.3. The second kappa shape index (κ2) is 5.27. The van der Waals surface area contributed by atoms with Gasteiger partial charge in [-0.2, -0.15) is 0 Å². The van der Waals surface area contributed by atoms with Crippen LogP contribution in [0.3, 0.4) is 0 Å². The minimum Gasteiger partial charge on any atom is -0.508 e. The number of phenolic OH excluding ortho intramolecular Hbond substituents is 1. The van der Waals surface area contributed by atoms with Gasteiger partial charge in [0.15, 0.2) is 11.5 Å². The zero-order valence-electron chi connectivity index (χ0n) is 10.1. The molecule has 1 aliphatic rings. The summed E-state index contributed by atoms with van der Waals surface area (Å²) in [7, 11) is 0. The summed E-state index contributed by atoms with van der Waals surface area (Å²) in [5, 5.41) is 9.98. The average Bonchev–Trinajstić information content (AvgIpc) is 2.54. The number of ether oxygens (including phenoxy) is 2. The van der Waals surface area contributed by atoms with Gasteiger partial charge in [-0.3, -0.25) is 0 Å². The van der Waals surface area contributed by atoms with Gasteiger partial charge in [0.1, 0.15) is 5.75 Å². The molecule has 0 aliphatic carbocycles. The molecule has 0 aromatic heterocycles. The third kappa shape index (κ3) is 2.47. The van der Waals surface area contributed by atoms with E-state index in [1.165, 1.54) is 0 Å². The Bertz CT molecular complexity index is 392. The molecular formula is C13H19NO3. The summed E-state index contributed by atoms with van der Waals surface area (Å²) in [5.41, 5.74) is 6.38. The number of nitrogens with two attached hydrogens (primary N) is 1. The van der Waals surface area contributed by atoms with Crippen molar-refractivity contribution in [1.82, 2.24) is 0 Å². The molecule has 1 unspecified atom stereocenters. The summed E-state index contributed by atoms with van der Waals surface area (Å²) in [6.45, 7) is 3.91. The van der Waals surface area contributed by atoms with Gasteiger partial charge in [0.25, 0.3) is 0 Å². The van der Waals surface area contributed by atoms with Crippen LogP contribution in [0.1, 0.15) is 31.2 Å². The van der Waals surface area contributed by atoms with E-state index in [1.807, 2.05) is 6.92 Å². The lowest BCUT2D eigenvalue weighted by Crippen LogP contribution is -2.07. The highest BCUT2D eigenvalue weighted by Gasteiger charge is 2.22. The Morgan fingerprint density at radius 1 is 1.35 bits per heavy atom. The number of rotatable bonds is 3. The molecule has 4 nitrogen and oxygen atoms in total. The van der Waals surface area contributed by atoms with Crippen LogP contribution in [0, 0.1) is 0 Å². The fourth-order valence-electron chi connectivity index (χ4n) is 2.12. The molecule has 3 N–H and O–H groups in total. The summed E-state index contributed by atoms with van der Waals surface area (Å²) in [6.07, 6.45) is 1.67. The smallest absolute Gasteiger partial charge is 0.168 e. The van der Waals surface area contributed by atoms with Crippen molar-refractivity contribution in [2.24, 2.45) is 5.73 Å². The minimum absolute atomic E-state index is 0.164. The summed E-state index contributed by atoms with van der Waals surface area (Å²) < 4.78 is 11.3. The molecule has 0 saturated heterocycles. The molecule has 4 heteroatoms. The zero-order valence-corrected chi connectivity index (χ0v) is 10.1. The maximum Gasteiger partial charge on any atom is 0.168 e. The van der Waals surface area contributed by atoms with Crippen LogP contribution < -0.4 is 15.2 Å². The van der Waals surface area contributed by atoms with Crippen LogP contribution >= 0.6 is 0 Å². The van der Waals surface area contributed by atoms with Gasteiger partial charge in [-0.05, 0) is 31.0 Å². The maximum absolute atomic E-state index is 9.98. The van der Waals surface area contributed by atoms with Crippen LogP contribution in [0.15, 0.2) is 12.1 Å². The highest BCUT2D eigenvalue weighted by molar-refractivity contribution is 5.55. The summed E-state index contributed by atoms with van der Waals surface area (Å²) in [6, 6.07) is 3.42. The summed E-state index contributed by atoms with van der Waals surface area (Å²) in [4.78, 5) is 0. The minimum atomic E-state index is 0.164. The van der Waals surface area contributed by atoms with Crippen molar-refractivity contribution in [3.8, 4) is 17.2 Å². The largest absolute Gasteiger partial charge is 0.508 e. The second-order valence-corrected chi connectivity index (χ2v) is 4.35. The maximum atomic E-state index is 9.98. The van der Waals surface area contributed by atoms with E-state index in [1.54, 1.807) is 12.1 Å². The van der Waals surface area contributed by atoms with Crippen LogP contribution in [0.2, 0.25) is 0 Å². The van der Waals surface area contributed by atoms with Gasteiger partial charge >= 0.3 is 0 Å². The molecule has 0 bridgehead atoms. The van der Waals surface area contributed by atoms with E-state index in [9.17, 15) is 5.11 Å². The van der Waals surface area contributed by atoms with E-state index in [4.69, 9.17) is 15.2 Å². The van der Waals surface area contributed by atoms with Gasteiger partial charge < -0.3 is 20.3 Å². The number of hydrogen-bond acceptors (Lipinski definition) is 4. The molecule has 0 fully saturated rings. The first-order valence-corrected chi connectivity index (χ1v) is 6.05. The Balaban J connectivity index is 2.41. The predicted octanol–water partition coefficient (Wildman–Crippen LogP) is 2.01. The van der Waals surface area contributed by atoms with Gasteiger partial charge in [0.2, 0.25) is 0 Å². The summed E-state index contributed by atoms with van der Waals surface area (Å²) in [5.74, 6) is 1.83. The highest BCUT2D eigenvalue weighted by atomic mass is 16.5. The van der Waals surface area contributed by atoms with E-state index < -0.39 is 0 Å². The van der Waals surface area contributed by atoms with Crippen molar-refractivity contribution >= 4 is 0 Å². The molecule has 1 aliphatic heterocycles. The SMILES string of the molecule is CC(CCN)c1c(O)ccc2c1OCCCO2. The van der Waals surface area contributed by atoms with Crippen molar-refractivity contribution in [3.05, 3.63) is 17.7 Å². The normalized spacial score (nSPS) is 16.4. The fourth-order valence-corrected chi connectivity index (χ4v) is 2.12. The first-order valence-electron chi connectivity index (χ1n) is 6.05. The lowest BCUT2D eigenvalue weighted by Gasteiger charge is -2.18. The van der Waals surface area contributed by atoms with Crippen LogP contribution in [0.4, 0.5) is 0 Å². The fraction of sp³-hybridized carbons (Fsp3) is 0.538. The molecular weight excluding hydrogens is 218 g/mol. The van der Waals surface area contributed by atoms with Crippen molar-refractivity contribution < 1.29 is 14.6 Å². The van der Waals surface area contributed by atoms with Crippen molar-refractivity contribution in [3.63, 3.8) is 0 Å². The van der Waals surface area contributed by atoms with E-state index in [0.29, 0.717) is 25.5 Å². The molecule has 0 radical (unpaired) electrons. The molecule has 0 amide bonds. The van der Waals surface area contributed by atoms with Crippen molar-refractivity contribution in [2.45, 2.75) is 25.7 Å². The van der Waals surface area contributed by atoms with E-state index in [-0.39, 0.29) is 11.7 Å². The second-order valence-electron chi connectivity index (χ2n) is 4.35. The van der Waals surface area contributed by atoms with Crippen LogP contribution in [0.25, 0.3) is 0 Å². The van der Waals surface area contributed by atoms with Gasteiger partial charge in [0, 0.05) is 12.0 Å². The Hall–Kier alpha value is -1.42. The van der Waals surface area contributed by atoms with Crippen molar-refractivity contribution in [2.75, 3.05) is 19.8 Å². The number of phenols is 1. The van der Waals surface area contributed by atoms with Gasteiger partial charge in [-0.15, -0.1) is 0 Å². The lowest BCUT2D eigenvalue weighted by molar-refractivity contribution is 0.295. The first-order chi connectivity index (χ1) is 8.24. The third-order valence-electron chi connectivity index (χ3n) is 3.02. The van der Waals surface area contributed by atoms with Gasteiger partial charge in [-0.25, -0.2) is 0 Å². The number of benzene rings is 1. The molecule has 94 valence electrons. The number of aromatic hydroxyl groups is 1. The quantitative estimate of drug-likeness (QED) is 0.844. The number of fused-ring (bicyclic) bond motifs is 1. The van der Waals surface area contributed by atoms with Crippen LogP contribution in [-0.4, -0.2) is 24.9 Å². The standard InChI is InChI=1S/C13H19NO3/c1-9(5-6-14)12-10(15)3-4-11-13(12)17-8-2-7-16-11/h3-4,9,15H,2,5-8,14H2,1H3. The molecule has 2 rings (SSSR count). The van der Waals surface area contributed by atoms with E-state index in [0.717, 1.165) is 24.2 Å². The highest BCUT2D eigenvalue weighted by Crippen LogP contribution is 2.43. The average molecular weight is 237 g/mol. The Morgan fingerprint density at radius 2 is 2.12 bits per heavy atom. The first kappa shape index (κ1) is 12.0. The molecule has 1 aromatic carbocycles. The molecule has 0 spiro atoms. The van der Waals surface area contributed by atoms with E-state index in [2.05, 4.69) is 0 Å². The van der Waals surface area contributed by atoms with Gasteiger partial charge in [0.05, 0.1) is 13.2 Å². The Labute approximate surface area is 101 Å². The monoisotopic (exact) mass is 237 g/mol. The number of hydrogen-bond donors (Lipinski definition) is 2.